The van der Waals surface area contributed by atoms with Gasteiger partial charge in [-0.05, 0) is 54.4 Å². The van der Waals surface area contributed by atoms with E-state index in [4.69, 9.17) is 15.2 Å². The number of anilines is 2. The molecule has 0 saturated carbocycles. The van der Waals surface area contributed by atoms with Gasteiger partial charge in [-0.2, -0.15) is 5.10 Å². The maximum Gasteiger partial charge on any atom is 0.277 e. The summed E-state index contributed by atoms with van der Waals surface area (Å²) in [6.45, 7) is 2.04. The number of morpholine rings is 1. The van der Waals surface area contributed by atoms with Crippen LogP contribution in [0.25, 0.3) is 5.69 Å². The van der Waals surface area contributed by atoms with Crippen LogP contribution in [0.5, 0.6) is 5.75 Å². The van der Waals surface area contributed by atoms with E-state index in [-0.39, 0.29) is 24.1 Å². The molecule has 1 saturated heterocycles. The number of carbonyl (C=O) groups is 3. The SMILES string of the molecule is NC(=O)c1nn(-c2ccc3c(c2)CCO3)c2c1CCN(c1ccc(N3CCOCC3=O)cc1)C2=O. The third-order valence-electron chi connectivity index (χ3n) is 6.63. The Bertz CT molecular complexity index is 1360. The summed E-state index contributed by atoms with van der Waals surface area (Å²) in [5.74, 6) is -0.203. The fraction of sp³-hybridized carbons (Fsp3) is 0.280. The molecule has 35 heavy (non-hydrogen) atoms. The number of hydrogen-bond acceptors (Lipinski definition) is 6. The zero-order valence-electron chi connectivity index (χ0n) is 18.9. The first kappa shape index (κ1) is 21.4. The number of nitrogens with zero attached hydrogens (tertiary/aromatic N) is 4. The Hall–Kier alpha value is -4.18. The molecular formula is C25H23N5O5. The van der Waals surface area contributed by atoms with Gasteiger partial charge in [-0.3, -0.25) is 14.4 Å². The summed E-state index contributed by atoms with van der Waals surface area (Å²) < 4.78 is 12.3. The van der Waals surface area contributed by atoms with Crippen molar-refractivity contribution in [3.63, 3.8) is 0 Å². The Labute approximate surface area is 200 Å². The van der Waals surface area contributed by atoms with Gasteiger partial charge in [-0.1, -0.05) is 0 Å². The molecule has 10 nitrogen and oxygen atoms in total. The monoisotopic (exact) mass is 473 g/mol. The molecule has 0 unspecified atom stereocenters. The first-order valence-electron chi connectivity index (χ1n) is 11.5. The van der Waals surface area contributed by atoms with Crippen molar-refractivity contribution in [3.8, 4) is 11.4 Å². The second kappa shape index (κ2) is 8.24. The van der Waals surface area contributed by atoms with E-state index in [2.05, 4.69) is 5.10 Å². The summed E-state index contributed by atoms with van der Waals surface area (Å²) in [6.07, 6.45) is 1.21. The highest BCUT2D eigenvalue weighted by Gasteiger charge is 2.35. The molecule has 10 heteroatoms. The molecule has 2 N–H and O–H groups in total. The van der Waals surface area contributed by atoms with Gasteiger partial charge >= 0.3 is 0 Å². The Kier molecular flexibility index (Phi) is 5.03. The minimum absolute atomic E-state index is 0.0656. The lowest BCUT2D eigenvalue weighted by Gasteiger charge is -2.29. The highest BCUT2D eigenvalue weighted by atomic mass is 16.5. The third kappa shape index (κ3) is 3.53. The second-order valence-electron chi connectivity index (χ2n) is 8.66. The standard InChI is InChI=1S/C25H23N5O5/c26-24(32)22-19-7-9-29(17-3-1-16(2-4-17)28-10-12-34-14-21(28)31)25(33)23(19)30(27-22)18-5-6-20-15(13-18)8-11-35-20/h1-6,13H,7-12,14H2,(H2,26,32). The lowest BCUT2D eigenvalue weighted by Crippen LogP contribution is -2.41. The van der Waals surface area contributed by atoms with Crippen LogP contribution in [0.1, 0.15) is 32.1 Å². The number of primary amides is 1. The van der Waals surface area contributed by atoms with Crippen LogP contribution in [0.15, 0.2) is 42.5 Å². The lowest BCUT2D eigenvalue weighted by atomic mass is 10.0. The molecule has 0 atom stereocenters. The van der Waals surface area contributed by atoms with Gasteiger partial charge in [-0.25, -0.2) is 4.68 Å². The quantitative estimate of drug-likeness (QED) is 0.613. The van der Waals surface area contributed by atoms with Crippen molar-refractivity contribution in [3.05, 3.63) is 65.0 Å². The number of benzene rings is 2. The van der Waals surface area contributed by atoms with Crippen LogP contribution < -0.4 is 20.3 Å². The number of carbonyl (C=O) groups excluding carboxylic acids is 3. The van der Waals surface area contributed by atoms with E-state index < -0.39 is 5.91 Å². The van der Waals surface area contributed by atoms with Crippen molar-refractivity contribution >= 4 is 29.1 Å². The number of ether oxygens (including phenoxy) is 2. The van der Waals surface area contributed by atoms with Crippen molar-refractivity contribution < 1.29 is 23.9 Å². The van der Waals surface area contributed by atoms with E-state index in [1.807, 2.05) is 42.5 Å². The van der Waals surface area contributed by atoms with E-state index in [1.54, 1.807) is 9.80 Å². The van der Waals surface area contributed by atoms with Crippen LogP contribution in [0, 0.1) is 0 Å². The topological polar surface area (TPSA) is 120 Å². The summed E-state index contributed by atoms with van der Waals surface area (Å²) in [5.41, 5.74) is 9.77. The van der Waals surface area contributed by atoms with Gasteiger partial charge in [0.2, 0.25) is 0 Å². The summed E-state index contributed by atoms with van der Waals surface area (Å²) in [7, 11) is 0. The van der Waals surface area contributed by atoms with Crippen LogP contribution in [-0.2, 0) is 22.4 Å². The summed E-state index contributed by atoms with van der Waals surface area (Å²) >= 11 is 0. The number of fused-ring (bicyclic) bond motifs is 2. The minimum Gasteiger partial charge on any atom is -0.493 e. The Balaban J connectivity index is 1.36. The Morgan fingerprint density at radius 3 is 2.40 bits per heavy atom. The maximum atomic E-state index is 13.7. The van der Waals surface area contributed by atoms with Gasteiger partial charge in [-0.15, -0.1) is 0 Å². The molecule has 3 aromatic rings. The first-order chi connectivity index (χ1) is 17.0. The van der Waals surface area contributed by atoms with E-state index >= 15 is 0 Å². The summed E-state index contributed by atoms with van der Waals surface area (Å²) in [6, 6.07) is 12.9. The number of hydrogen-bond donors (Lipinski definition) is 1. The molecule has 0 aliphatic carbocycles. The molecule has 2 aromatic carbocycles. The van der Waals surface area contributed by atoms with Crippen LogP contribution in [0.3, 0.4) is 0 Å². The molecular weight excluding hydrogens is 450 g/mol. The lowest BCUT2D eigenvalue weighted by molar-refractivity contribution is -0.125. The molecule has 6 rings (SSSR count). The average Bonchev–Trinajstić information content (AvgIpc) is 3.50. The molecule has 1 fully saturated rings. The summed E-state index contributed by atoms with van der Waals surface area (Å²) in [4.78, 5) is 41.4. The van der Waals surface area contributed by atoms with Gasteiger partial charge in [0.15, 0.2) is 5.69 Å². The molecule has 178 valence electrons. The average molecular weight is 473 g/mol. The van der Waals surface area contributed by atoms with Gasteiger partial charge < -0.3 is 25.0 Å². The number of amides is 3. The largest absolute Gasteiger partial charge is 0.493 e. The van der Waals surface area contributed by atoms with Gasteiger partial charge in [0, 0.05) is 36.4 Å². The van der Waals surface area contributed by atoms with Crippen molar-refractivity contribution in [1.82, 2.24) is 9.78 Å². The van der Waals surface area contributed by atoms with Crippen LogP contribution in [0.2, 0.25) is 0 Å². The second-order valence-corrected chi connectivity index (χ2v) is 8.66. The van der Waals surface area contributed by atoms with Crippen molar-refractivity contribution in [2.45, 2.75) is 12.8 Å². The number of rotatable bonds is 4. The molecule has 0 bridgehead atoms. The van der Waals surface area contributed by atoms with Gasteiger partial charge in [0.05, 0.1) is 18.9 Å². The van der Waals surface area contributed by atoms with Crippen LogP contribution in [0.4, 0.5) is 11.4 Å². The van der Waals surface area contributed by atoms with Crippen LogP contribution >= 0.6 is 0 Å². The first-order valence-corrected chi connectivity index (χ1v) is 11.5. The van der Waals surface area contributed by atoms with Gasteiger partial charge in [0.1, 0.15) is 18.1 Å². The van der Waals surface area contributed by atoms with Crippen molar-refractivity contribution in [2.75, 3.05) is 42.7 Å². The van der Waals surface area contributed by atoms with Crippen molar-refractivity contribution in [2.24, 2.45) is 5.73 Å². The smallest absolute Gasteiger partial charge is 0.277 e. The zero-order valence-corrected chi connectivity index (χ0v) is 18.9. The fourth-order valence-corrected chi connectivity index (χ4v) is 4.90. The van der Waals surface area contributed by atoms with E-state index in [9.17, 15) is 14.4 Å². The predicted octanol–water partition coefficient (Wildman–Crippen LogP) is 1.47. The van der Waals surface area contributed by atoms with E-state index in [0.29, 0.717) is 55.4 Å². The molecule has 3 amide bonds. The number of aromatic nitrogens is 2. The molecule has 3 aliphatic rings. The molecule has 1 aromatic heterocycles. The fourth-order valence-electron chi connectivity index (χ4n) is 4.90. The van der Waals surface area contributed by atoms with E-state index in [0.717, 1.165) is 23.4 Å². The summed E-state index contributed by atoms with van der Waals surface area (Å²) in [5, 5.41) is 4.45. The maximum absolute atomic E-state index is 13.7. The third-order valence-corrected chi connectivity index (χ3v) is 6.63. The minimum atomic E-state index is -0.662. The number of nitrogens with two attached hydrogens (primary N) is 1. The Morgan fingerprint density at radius 2 is 1.66 bits per heavy atom. The van der Waals surface area contributed by atoms with E-state index in [1.165, 1.54) is 4.68 Å². The molecule has 4 heterocycles. The van der Waals surface area contributed by atoms with Crippen LogP contribution in [-0.4, -0.2) is 60.4 Å². The highest BCUT2D eigenvalue weighted by molar-refractivity contribution is 6.09. The Morgan fingerprint density at radius 1 is 0.914 bits per heavy atom. The zero-order chi connectivity index (χ0) is 24.1. The highest BCUT2D eigenvalue weighted by Crippen LogP contribution is 2.32. The van der Waals surface area contributed by atoms with Crippen molar-refractivity contribution in [1.29, 1.82) is 0 Å². The molecule has 0 radical (unpaired) electrons. The predicted molar refractivity (Wildman–Crippen MR) is 126 cm³/mol. The molecule has 3 aliphatic heterocycles. The molecule has 0 spiro atoms. The van der Waals surface area contributed by atoms with Gasteiger partial charge in [0.25, 0.3) is 17.7 Å². The normalized spacial score (nSPS) is 17.3.